The summed E-state index contributed by atoms with van der Waals surface area (Å²) >= 11 is 0. The highest BCUT2D eigenvalue weighted by molar-refractivity contribution is 6.54. The number of amides is 1. The van der Waals surface area contributed by atoms with Gasteiger partial charge in [-0.15, -0.1) is 0 Å². The second-order valence-corrected chi connectivity index (χ2v) is 5.51. The summed E-state index contributed by atoms with van der Waals surface area (Å²) in [5, 5.41) is 7.87. The third-order valence-corrected chi connectivity index (χ3v) is 4.00. The van der Waals surface area contributed by atoms with Crippen molar-refractivity contribution in [3.8, 4) is 0 Å². The summed E-state index contributed by atoms with van der Waals surface area (Å²) in [5.74, 6) is -0.623. The van der Waals surface area contributed by atoms with Crippen LogP contribution in [0.15, 0.2) is 36.4 Å². The molecule has 1 heterocycles. The molecule has 2 aromatic rings. The first kappa shape index (κ1) is 15.3. The summed E-state index contributed by atoms with van der Waals surface area (Å²) in [7, 11) is 0. The molecule has 0 saturated carbocycles. The topological polar surface area (TPSA) is 44.2 Å². The molecule has 0 aliphatic carbocycles. The van der Waals surface area contributed by atoms with Crippen molar-refractivity contribution in [3.05, 3.63) is 58.7 Å². The molecule has 0 unspecified atom stereocenters. The first-order chi connectivity index (χ1) is 10.7. The minimum absolute atomic E-state index is 0.0954. The summed E-state index contributed by atoms with van der Waals surface area (Å²) in [5.41, 5.74) is 1.56. The smallest absolute Gasteiger partial charge is 0.295 e. The van der Waals surface area contributed by atoms with Gasteiger partial charge in [0.2, 0.25) is 0 Å². The zero-order valence-corrected chi connectivity index (χ0v) is 12.5. The SMILES string of the molecule is Cc1ccc(N2C(=O)C(=N)c3ccc(C(F)(F)F)cc32)cc1C. The minimum atomic E-state index is -4.50. The van der Waals surface area contributed by atoms with Crippen LogP contribution >= 0.6 is 0 Å². The fourth-order valence-electron chi connectivity index (χ4n) is 2.56. The van der Waals surface area contributed by atoms with Crippen LogP contribution in [0.25, 0.3) is 0 Å². The van der Waals surface area contributed by atoms with Gasteiger partial charge in [-0.1, -0.05) is 6.07 Å². The molecule has 0 aromatic heterocycles. The van der Waals surface area contributed by atoms with E-state index in [1.807, 2.05) is 13.8 Å². The first-order valence-corrected chi connectivity index (χ1v) is 6.92. The summed E-state index contributed by atoms with van der Waals surface area (Å²) in [6, 6.07) is 8.19. The molecule has 1 aliphatic rings. The van der Waals surface area contributed by atoms with Crippen LogP contribution in [0.1, 0.15) is 22.3 Å². The first-order valence-electron chi connectivity index (χ1n) is 6.92. The summed E-state index contributed by atoms with van der Waals surface area (Å²) in [4.78, 5) is 13.5. The zero-order valence-electron chi connectivity index (χ0n) is 12.5. The van der Waals surface area contributed by atoms with Crippen molar-refractivity contribution in [2.24, 2.45) is 0 Å². The van der Waals surface area contributed by atoms with Crippen molar-refractivity contribution in [1.29, 1.82) is 5.41 Å². The number of benzene rings is 2. The molecule has 1 aliphatic heterocycles. The van der Waals surface area contributed by atoms with Crippen molar-refractivity contribution in [1.82, 2.24) is 0 Å². The van der Waals surface area contributed by atoms with Gasteiger partial charge in [-0.3, -0.25) is 15.1 Å². The Bertz CT molecular complexity index is 840. The van der Waals surface area contributed by atoms with Gasteiger partial charge in [0.25, 0.3) is 5.91 Å². The number of anilines is 2. The highest BCUT2D eigenvalue weighted by Crippen LogP contribution is 2.40. The Morgan fingerprint density at radius 1 is 1.00 bits per heavy atom. The second-order valence-electron chi connectivity index (χ2n) is 5.51. The predicted molar refractivity (Wildman–Crippen MR) is 81.3 cm³/mol. The highest BCUT2D eigenvalue weighted by Gasteiger charge is 2.38. The van der Waals surface area contributed by atoms with E-state index in [4.69, 9.17) is 5.41 Å². The second kappa shape index (κ2) is 4.94. The Balaban J connectivity index is 2.19. The molecule has 0 bridgehead atoms. The van der Waals surface area contributed by atoms with Crippen LogP contribution in [0.2, 0.25) is 0 Å². The number of aryl methyl sites for hydroxylation is 2. The lowest BCUT2D eigenvalue weighted by Gasteiger charge is -2.19. The number of alkyl halides is 3. The van der Waals surface area contributed by atoms with E-state index in [9.17, 15) is 18.0 Å². The molecule has 2 aromatic carbocycles. The van der Waals surface area contributed by atoms with Crippen LogP contribution in [-0.4, -0.2) is 11.6 Å². The van der Waals surface area contributed by atoms with E-state index in [0.29, 0.717) is 5.69 Å². The van der Waals surface area contributed by atoms with Crippen molar-refractivity contribution in [2.75, 3.05) is 4.90 Å². The van der Waals surface area contributed by atoms with E-state index >= 15 is 0 Å². The van der Waals surface area contributed by atoms with Gasteiger partial charge in [-0.25, -0.2) is 0 Å². The largest absolute Gasteiger partial charge is 0.416 e. The molecule has 3 rings (SSSR count). The van der Waals surface area contributed by atoms with Crippen LogP contribution in [0, 0.1) is 19.3 Å². The third-order valence-electron chi connectivity index (χ3n) is 4.00. The molecule has 23 heavy (non-hydrogen) atoms. The Kier molecular flexibility index (Phi) is 3.28. The minimum Gasteiger partial charge on any atom is -0.295 e. The fraction of sp³-hybridized carbons (Fsp3) is 0.176. The van der Waals surface area contributed by atoms with Crippen LogP contribution in [-0.2, 0) is 11.0 Å². The molecule has 0 fully saturated rings. The number of carbonyl (C=O) groups is 1. The van der Waals surface area contributed by atoms with Crippen molar-refractivity contribution >= 4 is 23.0 Å². The zero-order chi connectivity index (χ0) is 16.9. The van der Waals surface area contributed by atoms with Gasteiger partial charge in [0.15, 0.2) is 0 Å². The number of carbonyl (C=O) groups excluding carboxylic acids is 1. The van der Waals surface area contributed by atoms with Crippen LogP contribution in [0.3, 0.4) is 0 Å². The number of hydrogen-bond acceptors (Lipinski definition) is 2. The monoisotopic (exact) mass is 318 g/mol. The molecule has 0 saturated heterocycles. The maximum atomic E-state index is 12.9. The number of hydrogen-bond donors (Lipinski definition) is 1. The predicted octanol–water partition coefficient (Wildman–Crippen LogP) is 4.37. The summed E-state index contributed by atoms with van der Waals surface area (Å²) in [6.07, 6.45) is -4.50. The van der Waals surface area contributed by atoms with Crippen molar-refractivity contribution in [2.45, 2.75) is 20.0 Å². The van der Waals surface area contributed by atoms with Gasteiger partial charge in [0, 0.05) is 11.3 Å². The molecular formula is C17H13F3N2O. The number of nitrogens with zero attached hydrogens (tertiary/aromatic N) is 1. The van der Waals surface area contributed by atoms with E-state index in [1.165, 1.54) is 11.0 Å². The molecule has 0 atom stereocenters. The molecule has 118 valence electrons. The normalized spacial score (nSPS) is 14.4. The lowest BCUT2D eigenvalue weighted by molar-refractivity contribution is -0.137. The van der Waals surface area contributed by atoms with Gasteiger partial charge < -0.3 is 0 Å². The van der Waals surface area contributed by atoms with Crippen molar-refractivity contribution < 1.29 is 18.0 Å². The van der Waals surface area contributed by atoms with E-state index in [2.05, 4.69) is 0 Å². The molecule has 1 N–H and O–H groups in total. The summed E-state index contributed by atoms with van der Waals surface area (Å²) < 4.78 is 38.8. The maximum absolute atomic E-state index is 12.9. The molecule has 1 amide bonds. The molecule has 6 heteroatoms. The lowest BCUT2D eigenvalue weighted by Crippen LogP contribution is -2.25. The van der Waals surface area contributed by atoms with Gasteiger partial charge in [0.1, 0.15) is 5.71 Å². The number of nitrogens with one attached hydrogen (secondary N) is 1. The van der Waals surface area contributed by atoms with Crippen LogP contribution in [0.5, 0.6) is 0 Å². The van der Waals surface area contributed by atoms with E-state index in [0.717, 1.165) is 23.3 Å². The average Bonchev–Trinajstić information content (AvgIpc) is 2.73. The molecular weight excluding hydrogens is 305 g/mol. The Morgan fingerprint density at radius 3 is 2.30 bits per heavy atom. The highest BCUT2D eigenvalue weighted by atomic mass is 19.4. The lowest BCUT2D eigenvalue weighted by atomic mass is 10.1. The van der Waals surface area contributed by atoms with Gasteiger partial charge in [-0.05, 0) is 55.3 Å². The fourth-order valence-corrected chi connectivity index (χ4v) is 2.56. The average molecular weight is 318 g/mol. The Labute approximate surface area is 130 Å². The van der Waals surface area contributed by atoms with E-state index < -0.39 is 17.6 Å². The van der Waals surface area contributed by atoms with E-state index in [1.54, 1.807) is 18.2 Å². The quantitative estimate of drug-likeness (QED) is 0.834. The standard InChI is InChI=1S/C17H13F3N2O/c1-9-3-5-12(7-10(9)2)22-14-8-11(17(18,19)20)4-6-13(14)15(21)16(22)23/h3-8,21H,1-2H3. The molecule has 0 radical (unpaired) electrons. The number of fused-ring (bicyclic) bond motifs is 1. The van der Waals surface area contributed by atoms with Gasteiger partial charge in [0.05, 0.1) is 11.3 Å². The molecule has 0 spiro atoms. The Hall–Kier alpha value is -2.63. The van der Waals surface area contributed by atoms with Gasteiger partial charge in [-0.2, -0.15) is 13.2 Å². The Morgan fingerprint density at radius 2 is 1.70 bits per heavy atom. The number of halogens is 3. The molecule has 3 nitrogen and oxygen atoms in total. The van der Waals surface area contributed by atoms with Crippen molar-refractivity contribution in [3.63, 3.8) is 0 Å². The van der Waals surface area contributed by atoms with Gasteiger partial charge >= 0.3 is 6.18 Å². The number of rotatable bonds is 1. The van der Waals surface area contributed by atoms with E-state index in [-0.39, 0.29) is 17.0 Å². The van der Waals surface area contributed by atoms with Crippen LogP contribution in [0.4, 0.5) is 24.5 Å². The van der Waals surface area contributed by atoms with Crippen LogP contribution < -0.4 is 4.90 Å². The maximum Gasteiger partial charge on any atom is 0.416 e. The summed E-state index contributed by atoms with van der Waals surface area (Å²) in [6.45, 7) is 3.76. The third kappa shape index (κ3) is 2.40.